The fraction of sp³-hybridized carbons (Fsp3) is 0.0909. The van der Waals surface area contributed by atoms with Gasteiger partial charge in [0.05, 0.1) is 21.8 Å². The van der Waals surface area contributed by atoms with Gasteiger partial charge >= 0.3 is 0 Å². The summed E-state index contributed by atoms with van der Waals surface area (Å²) in [6.07, 6.45) is 5.16. The number of pyridine rings is 1. The van der Waals surface area contributed by atoms with E-state index in [1.165, 1.54) is 30.8 Å². The van der Waals surface area contributed by atoms with Gasteiger partial charge in [0.25, 0.3) is 0 Å². The number of ketones is 1. The summed E-state index contributed by atoms with van der Waals surface area (Å²) >= 11 is -1.63. The molecule has 0 saturated carbocycles. The molecule has 0 aliphatic rings. The fourth-order valence-corrected chi connectivity index (χ4v) is 4.52. The predicted octanol–water partition coefficient (Wildman–Crippen LogP) is 3.85. The van der Waals surface area contributed by atoms with Crippen molar-refractivity contribution < 1.29 is 26.5 Å². The summed E-state index contributed by atoms with van der Waals surface area (Å²) in [7, 11) is -3.44. The summed E-state index contributed by atoms with van der Waals surface area (Å²) in [6, 6.07) is 9.78. The van der Waals surface area contributed by atoms with Crippen LogP contribution in [0.1, 0.15) is 15.9 Å². The Morgan fingerprint density at radius 3 is 2.61 bits per heavy atom. The van der Waals surface area contributed by atoms with Gasteiger partial charge in [-0.25, -0.2) is 26.9 Å². The third-order valence-corrected chi connectivity index (χ3v) is 6.56. The maximum Gasteiger partial charge on any atom is 0.201 e. The number of H-pyrrole nitrogens is 1. The number of carbonyl (C=O) groups is 1. The van der Waals surface area contributed by atoms with Crippen LogP contribution in [0.2, 0.25) is 0 Å². The lowest BCUT2D eigenvalue weighted by atomic mass is 10.00. The Balaban J connectivity index is 1.82. The molecule has 0 bridgehead atoms. The number of aromatic nitrogens is 2. The Morgan fingerprint density at radius 1 is 1.15 bits per heavy atom. The minimum absolute atomic E-state index is 0.0220. The molecule has 170 valence electrons. The fourth-order valence-electron chi connectivity index (χ4n) is 3.38. The topological polar surface area (TPSA) is 115 Å². The highest BCUT2D eigenvalue weighted by molar-refractivity contribution is 7.92. The van der Waals surface area contributed by atoms with Crippen molar-refractivity contribution in [1.29, 1.82) is 0 Å². The van der Waals surface area contributed by atoms with Crippen LogP contribution >= 0.6 is 0 Å². The van der Waals surface area contributed by atoms with Crippen molar-refractivity contribution in [2.24, 2.45) is 0 Å². The largest absolute Gasteiger partial charge is 0.593 e. The normalized spacial score (nSPS) is 12.6. The van der Waals surface area contributed by atoms with Gasteiger partial charge in [-0.15, -0.1) is 0 Å². The smallest absolute Gasteiger partial charge is 0.201 e. The number of nitrogens with zero attached hydrogens (tertiary/aromatic N) is 1. The minimum atomic E-state index is -3.44. The van der Waals surface area contributed by atoms with Gasteiger partial charge in [-0.2, -0.15) is 0 Å². The first-order valence-corrected chi connectivity index (χ1v) is 12.9. The summed E-state index contributed by atoms with van der Waals surface area (Å²) in [5.74, 6) is -3.15. The lowest BCUT2D eigenvalue weighted by Gasteiger charge is -2.11. The van der Waals surface area contributed by atoms with Crippen LogP contribution in [0.5, 0.6) is 0 Å². The van der Waals surface area contributed by atoms with Crippen LogP contribution in [0.25, 0.3) is 22.2 Å². The molecule has 0 saturated heterocycles. The van der Waals surface area contributed by atoms with E-state index in [1.54, 1.807) is 18.2 Å². The minimum Gasteiger partial charge on any atom is -0.593 e. The van der Waals surface area contributed by atoms with Gasteiger partial charge in [0.15, 0.2) is 15.7 Å². The molecule has 2 aromatic carbocycles. The van der Waals surface area contributed by atoms with Crippen molar-refractivity contribution in [3.63, 3.8) is 0 Å². The van der Waals surface area contributed by atoms with Crippen molar-refractivity contribution in [1.82, 2.24) is 9.97 Å². The molecule has 7 nitrogen and oxygen atoms in total. The molecule has 0 radical (unpaired) electrons. The SMILES string of the molecule is C[S+]([O-])Nc1ccc(F)c(C(=O)c2c[nH]c3ncc(-c4cccc(S(C)(=O)=O)c4)cc23)c1F. The monoisotopic (exact) mass is 489 g/mol. The zero-order valence-electron chi connectivity index (χ0n) is 17.3. The van der Waals surface area contributed by atoms with Crippen molar-refractivity contribution >= 4 is 43.7 Å². The molecule has 1 atom stereocenters. The van der Waals surface area contributed by atoms with Crippen LogP contribution in [0.4, 0.5) is 14.5 Å². The van der Waals surface area contributed by atoms with E-state index in [0.717, 1.165) is 18.4 Å². The molecule has 0 aliphatic heterocycles. The number of hydrogen-bond donors (Lipinski definition) is 2. The second-order valence-electron chi connectivity index (χ2n) is 7.29. The first kappa shape index (κ1) is 22.9. The van der Waals surface area contributed by atoms with Crippen LogP contribution in [0.3, 0.4) is 0 Å². The number of sulfone groups is 1. The van der Waals surface area contributed by atoms with Crippen molar-refractivity contribution in [3.05, 3.63) is 77.6 Å². The second kappa shape index (κ2) is 8.58. The molecule has 11 heteroatoms. The Bertz CT molecular complexity index is 1500. The summed E-state index contributed by atoms with van der Waals surface area (Å²) in [6.45, 7) is 0. The summed E-state index contributed by atoms with van der Waals surface area (Å²) < 4.78 is 66.9. The van der Waals surface area contributed by atoms with Crippen molar-refractivity contribution in [2.75, 3.05) is 17.2 Å². The number of benzene rings is 2. The quantitative estimate of drug-likeness (QED) is 0.314. The summed E-state index contributed by atoms with van der Waals surface area (Å²) in [4.78, 5) is 20.3. The van der Waals surface area contributed by atoms with Gasteiger partial charge in [0, 0.05) is 35.2 Å². The molecule has 2 aromatic heterocycles. The van der Waals surface area contributed by atoms with E-state index in [0.29, 0.717) is 22.2 Å². The van der Waals surface area contributed by atoms with E-state index in [2.05, 4.69) is 14.7 Å². The van der Waals surface area contributed by atoms with Gasteiger partial charge < -0.3 is 9.54 Å². The number of halogens is 2. The number of fused-ring (bicyclic) bond motifs is 1. The molecule has 4 rings (SSSR count). The van der Waals surface area contributed by atoms with E-state index in [9.17, 15) is 26.5 Å². The molecular weight excluding hydrogens is 472 g/mol. The zero-order chi connectivity index (χ0) is 23.9. The molecule has 1 unspecified atom stereocenters. The Kier molecular flexibility index (Phi) is 5.95. The first-order chi connectivity index (χ1) is 15.6. The molecular formula is C22H17F2N3O4S2. The van der Waals surface area contributed by atoms with Crippen LogP contribution in [0.15, 0.2) is 59.8 Å². The molecule has 0 spiro atoms. The van der Waals surface area contributed by atoms with Gasteiger partial charge in [0.2, 0.25) is 5.78 Å². The van der Waals surface area contributed by atoms with E-state index in [1.807, 2.05) is 0 Å². The maximum absolute atomic E-state index is 14.9. The highest BCUT2D eigenvalue weighted by Crippen LogP contribution is 2.30. The third kappa shape index (κ3) is 4.47. The average molecular weight is 490 g/mol. The van der Waals surface area contributed by atoms with E-state index >= 15 is 0 Å². The van der Waals surface area contributed by atoms with E-state index in [-0.39, 0.29) is 16.1 Å². The molecule has 2 heterocycles. The first-order valence-electron chi connectivity index (χ1n) is 9.46. The third-order valence-electron chi connectivity index (χ3n) is 4.94. The van der Waals surface area contributed by atoms with Crippen LogP contribution < -0.4 is 4.72 Å². The second-order valence-corrected chi connectivity index (χ2v) is 10.4. The number of carbonyl (C=O) groups excluding carboxylic acids is 1. The predicted molar refractivity (Wildman–Crippen MR) is 122 cm³/mol. The zero-order valence-corrected chi connectivity index (χ0v) is 19.0. The van der Waals surface area contributed by atoms with Crippen LogP contribution in [-0.4, -0.2) is 41.2 Å². The van der Waals surface area contributed by atoms with Crippen LogP contribution in [-0.2, 0) is 21.2 Å². The van der Waals surface area contributed by atoms with E-state index < -0.39 is 44.2 Å². The molecule has 2 N–H and O–H groups in total. The summed E-state index contributed by atoms with van der Waals surface area (Å²) in [5, 5.41) is 0.304. The molecule has 4 aromatic rings. The van der Waals surface area contributed by atoms with Crippen LogP contribution in [0, 0.1) is 11.6 Å². The number of nitrogens with one attached hydrogen (secondary N) is 2. The lowest BCUT2D eigenvalue weighted by Crippen LogP contribution is -2.14. The summed E-state index contributed by atoms with van der Waals surface area (Å²) in [5.41, 5.74) is 0.283. The number of rotatable bonds is 6. The van der Waals surface area contributed by atoms with Gasteiger partial charge in [-0.1, -0.05) is 12.1 Å². The Morgan fingerprint density at radius 2 is 1.91 bits per heavy atom. The Labute approximate surface area is 191 Å². The van der Waals surface area contributed by atoms with Gasteiger partial charge in [-0.05, 0) is 35.9 Å². The van der Waals surface area contributed by atoms with Gasteiger partial charge in [-0.3, -0.25) is 4.79 Å². The molecule has 0 amide bonds. The van der Waals surface area contributed by atoms with Crippen molar-refractivity contribution in [2.45, 2.75) is 4.90 Å². The molecule has 33 heavy (non-hydrogen) atoms. The molecule has 0 aliphatic carbocycles. The number of aromatic amines is 1. The van der Waals surface area contributed by atoms with Gasteiger partial charge in [0.1, 0.15) is 23.4 Å². The Hall–Kier alpha value is -3.28. The lowest BCUT2D eigenvalue weighted by molar-refractivity contribution is 0.103. The van der Waals surface area contributed by atoms with E-state index in [4.69, 9.17) is 0 Å². The maximum atomic E-state index is 14.9. The molecule has 0 fully saturated rings. The number of hydrogen-bond acceptors (Lipinski definition) is 6. The highest BCUT2D eigenvalue weighted by Gasteiger charge is 2.25. The van der Waals surface area contributed by atoms with Crippen molar-refractivity contribution in [3.8, 4) is 11.1 Å². The number of anilines is 1. The average Bonchev–Trinajstić information content (AvgIpc) is 3.18. The highest BCUT2D eigenvalue weighted by atomic mass is 32.2. The standard InChI is InChI=1S/C22H17F2N3O4S2/c1-32(29)27-18-7-6-17(23)19(20(18)24)21(28)16-11-26-22-15(16)9-13(10-25-22)12-4-3-5-14(8-12)33(2,30)31/h3-11,27H,1-2H3,(H,25,26).